The van der Waals surface area contributed by atoms with Gasteiger partial charge in [-0.05, 0) is 18.6 Å². The fourth-order valence-corrected chi connectivity index (χ4v) is 2.15. The number of hydrogen-bond acceptors (Lipinski definition) is 4. The molecule has 0 heterocycles. The maximum Gasteiger partial charge on any atom is 0.0618 e. The van der Waals surface area contributed by atoms with E-state index in [2.05, 4.69) is 25.4 Å². The first-order valence-corrected chi connectivity index (χ1v) is 6.89. The third-order valence-electron chi connectivity index (χ3n) is 2.45. The number of ether oxygens (including phenoxy) is 1. The SMILES string of the molecule is COCC(NC(CCO)CSC)C(C)C. The van der Waals surface area contributed by atoms with Gasteiger partial charge < -0.3 is 15.2 Å². The van der Waals surface area contributed by atoms with Crippen LogP contribution >= 0.6 is 11.8 Å². The van der Waals surface area contributed by atoms with Gasteiger partial charge in [-0.15, -0.1) is 0 Å². The predicted octanol–water partition coefficient (Wildman–Crippen LogP) is 1.36. The average Bonchev–Trinajstić information content (AvgIpc) is 2.17. The van der Waals surface area contributed by atoms with E-state index in [0.29, 0.717) is 18.0 Å². The molecule has 0 bridgehead atoms. The third-order valence-corrected chi connectivity index (χ3v) is 3.18. The minimum atomic E-state index is 0.246. The Morgan fingerprint density at radius 1 is 1.40 bits per heavy atom. The Labute approximate surface area is 98.0 Å². The molecule has 2 unspecified atom stereocenters. The summed E-state index contributed by atoms with van der Waals surface area (Å²) in [5.41, 5.74) is 0. The van der Waals surface area contributed by atoms with E-state index in [1.165, 1.54) is 0 Å². The summed E-state index contributed by atoms with van der Waals surface area (Å²) in [6.07, 6.45) is 2.90. The molecular formula is C11H25NO2S. The van der Waals surface area contributed by atoms with Crippen molar-refractivity contribution in [2.75, 3.05) is 32.3 Å². The van der Waals surface area contributed by atoms with Crippen LogP contribution in [0.3, 0.4) is 0 Å². The Balaban J connectivity index is 4.06. The second-order valence-electron chi connectivity index (χ2n) is 4.14. The van der Waals surface area contributed by atoms with Gasteiger partial charge in [-0.25, -0.2) is 0 Å². The monoisotopic (exact) mass is 235 g/mol. The summed E-state index contributed by atoms with van der Waals surface area (Å²) in [5.74, 6) is 1.58. The fourth-order valence-electron chi connectivity index (χ4n) is 1.49. The minimum absolute atomic E-state index is 0.246. The van der Waals surface area contributed by atoms with Gasteiger partial charge in [0.15, 0.2) is 0 Å². The van der Waals surface area contributed by atoms with E-state index in [-0.39, 0.29) is 6.61 Å². The standard InChI is InChI=1S/C11H25NO2S/c1-9(2)11(7-14-3)12-10(5-6-13)8-15-4/h9-13H,5-8H2,1-4H3. The number of aliphatic hydroxyl groups is 1. The van der Waals surface area contributed by atoms with E-state index in [0.717, 1.165) is 18.8 Å². The Hall–Kier alpha value is 0.230. The molecule has 0 aromatic heterocycles. The summed E-state index contributed by atoms with van der Waals surface area (Å²) in [6.45, 7) is 5.35. The first-order chi connectivity index (χ1) is 7.15. The molecule has 4 heteroatoms. The molecule has 0 aliphatic carbocycles. The van der Waals surface area contributed by atoms with Crippen molar-refractivity contribution in [1.82, 2.24) is 5.32 Å². The Kier molecular flexibility index (Phi) is 9.60. The molecule has 0 fully saturated rings. The van der Waals surface area contributed by atoms with Crippen LogP contribution in [0.25, 0.3) is 0 Å². The highest BCUT2D eigenvalue weighted by Crippen LogP contribution is 2.08. The maximum absolute atomic E-state index is 8.96. The van der Waals surface area contributed by atoms with Crippen molar-refractivity contribution in [1.29, 1.82) is 0 Å². The van der Waals surface area contributed by atoms with Crippen LogP contribution in [0.4, 0.5) is 0 Å². The second kappa shape index (κ2) is 9.46. The Bertz CT molecular complexity index is 139. The van der Waals surface area contributed by atoms with Crippen LogP contribution in [-0.2, 0) is 4.74 Å². The summed E-state index contributed by atoms with van der Waals surface area (Å²) < 4.78 is 5.19. The van der Waals surface area contributed by atoms with E-state index in [4.69, 9.17) is 9.84 Å². The molecule has 2 atom stereocenters. The van der Waals surface area contributed by atoms with Gasteiger partial charge in [0.05, 0.1) is 6.61 Å². The second-order valence-corrected chi connectivity index (χ2v) is 5.05. The number of thioether (sulfide) groups is 1. The van der Waals surface area contributed by atoms with E-state index in [1.807, 2.05) is 11.8 Å². The van der Waals surface area contributed by atoms with Crippen LogP contribution in [0.1, 0.15) is 20.3 Å². The van der Waals surface area contributed by atoms with Crippen LogP contribution in [0.2, 0.25) is 0 Å². The zero-order valence-electron chi connectivity index (χ0n) is 10.3. The van der Waals surface area contributed by atoms with Gasteiger partial charge in [-0.1, -0.05) is 13.8 Å². The van der Waals surface area contributed by atoms with Gasteiger partial charge in [0.1, 0.15) is 0 Å². The normalized spacial score (nSPS) is 15.6. The number of aliphatic hydroxyl groups excluding tert-OH is 1. The van der Waals surface area contributed by atoms with Crippen molar-refractivity contribution in [3.05, 3.63) is 0 Å². The lowest BCUT2D eigenvalue weighted by Gasteiger charge is -2.27. The third kappa shape index (κ3) is 7.17. The summed E-state index contributed by atoms with van der Waals surface area (Å²) in [7, 11) is 1.73. The molecule has 0 saturated carbocycles. The summed E-state index contributed by atoms with van der Waals surface area (Å²) in [4.78, 5) is 0. The molecule has 0 aromatic carbocycles. The molecule has 3 nitrogen and oxygen atoms in total. The molecule has 0 aliphatic rings. The van der Waals surface area contributed by atoms with Gasteiger partial charge in [0.25, 0.3) is 0 Å². The molecule has 0 amide bonds. The number of methoxy groups -OCH3 is 1. The molecule has 0 rings (SSSR count). The van der Waals surface area contributed by atoms with Crippen molar-refractivity contribution in [2.45, 2.75) is 32.4 Å². The highest BCUT2D eigenvalue weighted by atomic mass is 32.2. The van der Waals surface area contributed by atoms with Crippen LogP contribution in [-0.4, -0.2) is 49.5 Å². The van der Waals surface area contributed by atoms with Crippen molar-refractivity contribution < 1.29 is 9.84 Å². The Morgan fingerprint density at radius 3 is 2.47 bits per heavy atom. The number of rotatable bonds is 9. The van der Waals surface area contributed by atoms with Crippen LogP contribution in [0, 0.1) is 5.92 Å². The Morgan fingerprint density at radius 2 is 2.07 bits per heavy atom. The highest BCUT2D eigenvalue weighted by Gasteiger charge is 2.17. The minimum Gasteiger partial charge on any atom is -0.396 e. The zero-order chi connectivity index (χ0) is 11.7. The van der Waals surface area contributed by atoms with Crippen molar-refractivity contribution in [3.8, 4) is 0 Å². The molecule has 0 radical (unpaired) electrons. The van der Waals surface area contributed by atoms with E-state index >= 15 is 0 Å². The molecule has 2 N–H and O–H groups in total. The van der Waals surface area contributed by atoms with E-state index in [9.17, 15) is 0 Å². The van der Waals surface area contributed by atoms with Gasteiger partial charge in [0, 0.05) is 31.6 Å². The lowest BCUT2D eigenvalue weighted by Crippen LogP contribution is -2.45. The molecule has 0 spiro atoms. The summed E-state index contributed by atoms with van der Waals surface area (Å²) >= 11 is 1.81. The molecule has 92 valence electrons. The molecule has 0 aliphatic heterocycles. The summed E-state index contributed by atoms with van der Waals surface area (Å²) in [6, 6.07) is 0.756. The number of nitrogens with one attached hydrogen (secondary N) is 1. The molecule has 0 saturated heterocycles. The summed E-state index contributed by atoms with van der Waals surface area (Å²) in [5, 5.41) is 12.5. The first-order valence-electron chi connectivity index (χ1n) is 5.50. The lowest BCUT2D eigenvalue weighted by atomic mass is 10.0. The van der Waals surface area contributed by atoms with Crippen molar-refractivity contribution in [2.24, 2.45) is 5.92 Å². The van der Waals surface area contributed by atoms with Gasteiger partial charge in [-0.2, -0.15) is 11.8 Å². The van der Waals surface area contributed by atoms with Gasteiger partial charge >= 0.3 is 0 Å². The first kappa shape index (κ1) is 15.2. The predicted molar refractivity (Wildman–Crippen MR) is 67.5 cm³/mol. The number of hydrogen-bond donors (Lipinski definition) is 2. The van der Waals surface area contributed by atoms with Crippen LogP contribution < -0.4 is 5.32 Å². The quantitative estimate of drug-likeness (QED) is 0.633. The lowest BCUT2D eigenvalue weighted by molar-refractivity contribution is 0.138. The largest absolute Gasteiger partial charge is 0.396 e. The smallest absolute Gasteiger partial charge is 0.0618 e. The van der Waals surface area contributed by atoms with Crippen LogP contribution in [0.5, 0.6) is 0 Å². The average molecular weight is 235 g/mol. The van der Waals surface area contributed by atoms with Crippen molar-refractivity contribution in [3.63, 3.8) is 0 Å². The topological polar surface area (TPSA) is 41.5 Å². The molecule has 15 heavy (non-hydrogen) atoms. The van der Waals surface area contributed by atoms with E-state index < -0.39 is 0 Å². The van der Waals surface area contributed by atoms with Crippen LogP contribution in [0.15, 0.2) is 0 Å². The zero-order valence-corrected chi connectivity index (χ0v) is 11.1. The fraction of sp³-hybridized carbons (Fsp3) is 1.00. The van der Waals surface area contributed by atoms with Crippen molar-refractivity contribution >= 4 is 11.8 Å². The molecule has 0 aromatic rings. The van der Waals surface area contributed by atoms with Gasteiger partial charge in [0.2, 0.25) is 0 Å². The maximum atomic E-state index is 8.96. The van der Waals surface area contributed by atoms with Gasteiger partial charge in [-0.3, -0.25) is 0 Å². The highest BCUT2D eigenvalue weighted by molar-refractivity contribution is 7.98. The van der Waals surface area contributed by atoms with E-state index in [1.54, 1.807) is 7.11 Å². The molecular weight excluding hydrogens is 210 g/mol.